The van der Waals surface area contributed by atoms with Gasteiger partial charge in [-0.05, 0) is 23.6 Å². The Morgan fingerprint density at radius 1 is 1.05 bits per heavy atom. The zero-order valence-corrected chi connectivity index (χ0v) is 13.2. The summed E-state index contributed by atoms with van der Waals surface area (Å²) in [5.74, 6) is -0.242. The number of esters is 1. The van der Waals surface area contributed by atoms with Crippen LogP contribution in [0.3, 0.4) is 0 Å². The van der Waals surface area contributed by atoms with Gasteiger partial charge < -0.3 is 4.74 Å². The molecule has 0 aliphatic rings. The lowest BCUT2D eigenvalue weighted by atomic mass is 9.95. The van der Waals surface area contributed by atoms with Crippen molar-refractivity contribution < 1.29 is 9.53 Å². The highest BCUT2D eigenvalue weighted by Gasteiger charge is 2.18. The van der Waals surface area contributed by atoms with E-state index in [0.717, 1.165) is 29.5 Å². The van der Waals surface area contributed by atoms with E-state index in [9.17, 15) is 4.79 Å². The highest BCUT2D eigenvalue weighted by molar-refractivity contribution is 5.85. The maximum absolute atomic E-state index is 11.5. The molecule has 0 saturated carbocycles. The maximum atomic E-state index is 11.5. The van der Waals surface area contributed by atoms with Gasteiger partial charge in [-0.3, -0.25) is 4.79 Å². The third kappa shape index (κ3) is 4.59. The van der Waals surface area contributed by atoms with Crippen molar-refractivity contribution in [2.24, 2.45) is 0 Å². The second kappa shape index (κ2) is 8.18. The predicted octanol–water partition coefficient (Wildman–Crippen LogP) is 4.96. The molecule has 1 atom stereocenters. The molecule has 2 aromatic carbocycles. The number of hydrogen-bond acceptors (Lipinski definition) is 2. The van der Waals surface area contributed by atoms with Gasteiger partial charge in [-0.15, -0.1) is 0 Å². The van der Waals surface area contributed by atoms with Crippen molar-refractivity contribution in [1.29, 1.82) is 0 Å². The van der Waals surface area contributed by atoms with Crippen LogP contribution >= 0.6 is 0 Å². The fraction of sp³-hybridized carbons (Fsp3) is 0.250. The van der Waals surface area contributed by atoms with Crippen LogP contribution in [0, 0.1) is 0 Å². The third-order valence-electron chi connectivity index (χ3n) is 3.43. The first kappa shape index (κ1) is 16.0. The van der Waals surface area contributed by atoms with Crippen LogP contribution in [-0.2, 0) is 9.53 Å². The van der Waals surface area contributed by atoms with Crippen LogP contribution in [0.1, 0.15) is 37.8 Å². The summed E-state index contributed by atoms with van der Waals surface area (Å²) in [5, 5.41) is 0. The fourth-order valence-electron chi connectivity index (χ4n) is 2.46. The number of carbonyl (C=O) groups is 1. The minimum Gasteiger partial charge on any atom is -0.458 e. The van der Waals surface area contributed by atoms with E-state index in [1.54, 1.807) is 0 Å². The Morgan fingerprint density at radius 2 is 1.64 bits per heavy atom. The smallest absolute Gasteiger partial charge is 0.303 e. The van der Waals surface area contributed by atoms with Crippen molar-refractivity contribution in [2.75, 3.05) is 0 Å². The summed E-state index contributed by atoms with van der Waals surface area (Å²) in [6.45, 7) is 3.56. The molecule has 114 valence electrons. The summed E-state index contributed by atoms with van der Waals surface area (Å²) in [4.78, 5) is 11.5. The monoisotopic (exact) mass is 294 g/mol. The molecule has 0 aliphatic carbocycles. The van der Waals surface area contributed by atoms with E-state index < -0.39 is 0 Å². The van der Waals surface area contributed by atoms with Gasteiger partial charge in [0.05, 0.1) is 0 Å². The standard InChI is InChI=1S/C20H22O2/c1-3-10-20(22-16(2)21)19(18-13-8-5-9-14-18)15-17-11-6-4-7-12-17/h4-9,11-15,20H,3,10H2,1-2H3/b19-15+/t20-/m1/s1. The van der Waals surface area contributed by atoms with Crippen molar-refractivity contribution in [2.45, 2.75) is 32.8 Å². The number of hydrogen-bond donors (Lipinski definition) is 0. The van der Waals surface area contributed by atoms with Gasteiger partial charge in [-0.2, -0.15) is 0 Å². The topological polar surface area (TPSA) is 26.3 Å². The molecule has 0 radical (unpaired) electrons. The molecule has 2 aromatic rings. The molecule has 2 heteroatoms. The van der Waals surface area contributed by atoms with Gasteiger partial charge in [-0.25, -0.2) is 0 Å². The molecule has 0 saturated heterocycles. The van der Waals surface area contributed by atoms with Gasteiger partial charge in [0.2, 0.25) is 0 Å². The van der Waals surface area contributed by atoms with E-state index in [1.807, 2.05) is 36.4 Å². The molecule has 2 nitrogen and oxygen atoms in total. The van der Waals surface area contributed by atoms with E-state index in [-0.39, 0.29) is 12.1 Å². The first-order chi connectivity index (χ1) is 10.7. The summed E-state index contributed by atoms with van der Waals surface area (Å²) in [6.07, 6.45) is 3.66. The molecule has 0 N–H and O–H groups in total. The quantitative estimate of drug-likeness (QED) is 0.556. The maximum Gasteiger partial charge on any atom is 0.303 e. The summed E-state index contributed by atoms with van der Waals surface area (Å²) >= 11 is 0. The molecular formula is C20H22O2. The number of benzene rings is 2. The van der Waals surface area contributed by atoms with E-state index >= 15 is 0 Å². The molecule has 0 aromatic heterocycles. The molecule has 0 amide bonds. The Bertz CT molecular complexity index is 615. The van der Waals surface area contributed by atoms with Crippen LogP contribution in [-0.4, -0.2) is 12.1 Å². The van der Waals surface area contributed by atoms with Crippen molar-refractivity contribution in [1.82, 2.24) is 0 Å². The van der Waals surface area contributed by atoms with Crippen LogP contribution in [0.5, 0.6) is 0 Å². The summed E-state index contributed by atoms with van der Waals surface area (Å²) in [6, 6.07) is 20.2. The fourth-order valence-corrected chi connectivity index (χ4v) is 2.46. The van der Waals surface area contributed by atoms with Crippen molar-refractivity contribution >= 4 is 17.6 Å². The lowest BCUT2D eigenvalue weighted by Crippen LogP contribution is -2.18. The van der Waals surface area contributed by atoms with Gasteiger partial charge >= 0.3 is 5.97 Å². The Morgan fingerprint density at radius 3 is 2.18 bits per heavy atom. The normalized spacial score (nSPS) is 12.7. The Balaban J connectivity index is 2.44. The third-order valence-corrected chi connectivity index (χ3v) is 3.43. The molecular weight excluding hydrogens is 272 g/mol. The molecule has 22 heavy (non-hydrogen) atoms. The molecule has 0 unspecified atom stereocenters. The van der Waals surface area contributed by atoms with Crippen LogP contribution in [0.4, 0.5) is 0 Å². The summed E-state index contributed by atoms with van der Waals surface area (Å²) in [5.41, 5.74) is 3.24. The van der Waals surface area contributed by atoms with Gasteiger partial charge in [-0.1, -0.05) is 74.0 Å². The molecule has 2 rings (SSSR count). The molecule has 0 heterocycles. The van der Waals surface area contributed by atoms with E-state index in [0.29, 0.717) is 0 Å². The van der Waals surface area contributed by atoms with Gasteiger partial charge in [0.25, 0.3) is 0 Å². The van der Waals surface area contributed by atoms with E-state index in [4.69, 9.17) is 4.74 Å². The number of rotatable bonds is 6. The SMILES string of the molecule is CCC[C@@H](OC(C)=O)/C(=C/c1ccccc1)c1ccccc1. The van der Waals surface area contributed by atoms with Gasteiger partial charge in [0.1, 0.15) is 6.10 Å². The van der Waals surface area contributed by atoms with Crippen LogP contribution in [0.2, 0.25) is 0 Å². The molecule has 0 fully saturated rings. The highest BCUT2D eigenvalue weighted by Crippen LogP contribution is 2.26. The summed E-state index contributed by atoms with van der Waals surface area (Å²) in [7, 11) is 0. The first-order valence-electron chi connectivity index (χ1n) is 7.70. The van der Waals surface area contributed by atoms with Gasteiger partial charge in [0, 0.05) is 12.5 Å². The summed E-state index contributed by atoms with van der Waals surface area (Å²) < 4.78 is 5.57. The lowest BCUT2D eigenvalue weighted by Gasteiger charge is -2.20. The van der Waals surface area contributed by atoms with Crippen molar-refractivity contribution in [3.05, 3.63) is 71.8 Å². The second-order valence-electron chi connectivity index (χ2n) is 5.26. The predicted molar refractivity (Wildman–Crippen MR) is 91.2 cm³/mol. The molecule has 0 spiro atoms. The van der Waals surface area contributed by atoms with Crippen LogP contribution in [0.25, 0.3) is 11.6 Å². The minimum atomic E-state index is -0.242. The zero-order chi connectivity index (χ0) is 15.8. The number of carbonyl (C=O) groups excluding carboxylic acids is 1. The minimum absolute atomic E-state index is 0.217. The first-order valence-corrected chi connectivity index (χ1v) is 7.70. The lowest BCUT2D eigenvalue weighted by molar-refractivity contribution is -0.143. The molecule has 0 aliphatic heterocycles. The Kier molecular flexibility index (Phi) is 5.96. The zero-order valence-electron chi connectivity index (χ0n) is 13.2. The second-order valence-corrected chi connectivity index (χ2v) is 5.26. The van der Waals surface area contributed by atoms with E-state index in [2.05, 4.69) is 37.3 Å². The average molecular weight is 294 g/mol. The van der Waals surface area contributed by atoms with Crippen LogP contribution in [0.15, 0.2) is 60.7 Å². The van der Waals surface area contributed by atoms with Crippen LogP contribution < -0.4 is 0 Å². The Hall–Kier alpha value is -2.35. The van der Waals surface area contributed by atoms with Gasteiger partial charge in [0.15, 0.2) is 0 Å². The van der Waals surface area contributed by atoms with E-state index in [1.165, 1.54) is 6.92 Å². The van der Waals surface area contributed by atoms with Crippen molar-refractivity contribution in [3.63, 3.8) is 0 Å². The Labute approximate surface area is 132 Å². The van der Waals surface area contributed by atoms with Crippen molar-refractivity contribution in [3.8, 4) is 0 Å². The molecule has 0 bridgehead atoms. The largest absolute Gasteiger partial charge is 0.458 e. The highest BCUT2D eigenvalue weighted by atomic mass is 16.5. The number of ether oxygens (including phenoxy) is 1. The average Bonchev–Trinajstić information content (AvgIpc) is 2.54.